The predicted octanol–water partition coefficient (Wildman–Crippen LogP) is 4.50. The molecule has 1 atom stereocenters. The first kappa shape index (κ1) is 22.1. The highest BCUT2D eigenvalue weighted by Crippen LogP contribution is 2.41. The van der Waals surface area contributed by atoms with E-state index in [4.69, 9.17) is 9.47 Å². The molecule has 0 spiro atoms. The lowest BCUT2D eigenvalue weighted by Crippen LogP contribution is -2.30. The number of ether oxygens (including phenoxy) is 2. The van der Waals surface area contributed by atoms with Gasteiger partial charge in [-0.05, 0) is 67.9 Å². The topological polar surface area (TPSA) is 89.0 Å². The van der Waals surface area contributed by atoms with Gasteiger partial charge in [-0.25, -0.2) is 4.98 Å². The smallest absolute Gasteiger partial charge is 0.301 e. The van der Waals surface area contributed by atoms with Crippen LogP contribution in [-0.4, -0.2) is 35.0 Å². The van der Waals surface area contributed by atoms with E-state index in [9.17, 15) is 14.7 Å². The standard InChI is InChI=1S/C26H24N2O5/c1-16(2)33-20-13-9-18(10-14-20)24(29)22-23(17-7-11-19(32-3)12-8-17)28(26(31)25(22)30)21-6-4-5-15-27-21/h4-16,23,29H,1-3H3/t23-/m1/s1. The summed E-state index contributed by atoms with van der Waals surface area (Å²) in [4.78, 5) is 31.8. The van der Waals surface area contributed by atoms with E-state index in [0.29, 0.717) is 28.4 Å². The van der Waals surface area contributed by atoms with Crippen molar-refractivity contribution in [3.63, 3.8) is 0 Å². The van der Waals surface area contributed by atoms with Gasteiger partial charge in [-0.3, -0.25) is 14.5 Å². The van der Waals surface area contributed by atoms with Gasteiger partial charge in [0.25, 0.3) is 5.78 Å². The van der Waals surface area contributed by atoms with Gasteiger partial charge >= 0.3 is 5.91 Å². The molecule has 1 aromatic heterocycles. The van der Waals surface area contributed by atoms with Crippen LogP contribution in [0.1, 0.15) is 31.0 Å². The molecule has 0 unspecified atom stereocenters. The number of nitrogens with zero attached hydrogens (tertiary/aromatic N) is 2. The minimum Gasteiger partial charge on any atom is -0.507 e. The molecule has 4 rings (SSSR count). The zero-order valence-corrected chi connectivity index (χ0v) is 18.6. The Morgan fingerprint density at radius 1 is 0.970 bits per heavy atom. The minimum atomic E-state index is -0.850. The summed E-state index contributed by atoms with van der Waals surface area (Å²) in [6.45, 7) is 3.84. The van der Waals surface area contributed by atoms with Crippen molar-refractivity contribution in [3.8, 4) is 11.5 Å². The summed E-state index contributed by atoms with van der Waals surface area (Å²) in [5, 5.41) is 11.2. The average molecular weight is 444 g/mol. The number of methoxy groups -OCH3 is 1. The number of benzene rings is 2. The minimum absolute atomic E-state index is 0.00298. The van der Waals surface area contributed by atoms with Crippen LogP contribution >= 0.6 is 0 Å². The molecule has 1 N–H and O–H groups in total. The summed E-state index contributed by atoms with van der Waals surface area (Å²) in [5.41, 5.74) is 1.04. The molecule has 33 heavy (non-hydrogen) atoms. The molecule has 168 valence electrons. The molecule has 1 aliphatic rings. The number of carbonyl (C=O) groups is 2. The van der Waals surface area contributed by atoms with E-state index in [1.807, 2.05) is 13.8 Å². The van der Waals surface area contributed by atoms with Crippen molar-refractivity contribution in [2.75, 3.05) is 12.0 Å². The predicted molar refractivity (Wildman–Crippen MR) is 124 cm³/mol. The van der Waals surface area contributed by atoms with Crippen molar-refractivity contribution in [2.24, 2.45) is 0 Å². The largest absolute Gasteiger partial charge is 0.507 e. The van der Waals surface area contributed by atoms with Crippen LogP contribution in [0.4, 0.5) is 5.82 Å². The monoisotopic (exact) mass is 444 g/mol. The number of ketones is 1. The van der Waals surface area contributed by atoms with Gasteiger partial charge in [-0.15, -0.1) is 0 Å². The average Bonchev–Trinajstić information content (AvgIpc) is 3.10. The van der Waals surface area contributed by atoms with Crippen LogP contribution in [0.3, 0.4) is 0 Å². The molecular formula is C26H24N2O5. The van der Waals surface area contributed by atoms with Gasteiger partial charge in [-0.1, -0.05) is 18.2 Å². The van der Waals surface area contributed by atoms with Crippen molar-refractivity contribution in [1.29, 1.82) is 0 Å². The second kappa shape index (κ2) is 9.16. The number of hydrogen-bond acceptors (Lipinski definition) is 6. The molecule has 7 heteroatoms. The number of anilines is 1. The molecule has 2 heterocycles. The van der Waals surface area contributed by atoms with E-state index in [2.05, 4.69) is 4.98 Å². The first-order chi connectivity index (χ1) is 15.9. The Morgan fingerprint density at radius 3 is 2.21 bits per heavy atom. The van der Waals surface area contributed by atoms with E-state index < -0.39 is 17.7 Å². The maximum Gasteiger partial charge on any atom is 0.301 e. The molecule has 0 bridgehead atoms. The molecule has 1 aliphatic heterocycles. The van der Waals surface area contributed by atoms with Crippen molar-refractivity contribution < 1.29 is 24.2 Å². The van der Waals surface area contributed by atoms with E-state index in [0.717, 1.165) is 0 Å². The van der Waals surface area contributed by atoms with Gasteiger partial charge < -0.3 is 14.6 Å². The van der Waals surface area contributed by atoms with E-state index in [1.54, 1.807) is 80.0 Å². The molecule has 0 aliphatic carbocycles. The van der Waals surface area contributed by atoms with Crippen LogP contribution < -0.4 is 14.4 Å². The highest BCUT2D eigenvalue weighted by molar-refractivity contribution is 6.51. The van der Waals surface area contributed by atoms with Gasteiger partial charge in [0.15, 0.2) is 0 Å². The Kier molecular flexibility index (Phi) is 6.13. The molecule has 1 fully saturated rings. The van der Waals surface area contributed by atoms with Crippen LogP contribution in [0.15, 0.2) is 78.5 Å². The molecule has 0 saturated carbocycles. The van der Waals surface area contributed by atoms with Gasteiger partial charge in [-0.2, -0.15) is 0 Å². The molecule has 1 saturated heterocycles. The fourth-order valence-electron chi connectivity index (χ4n) is 3.79. The van der Waals surface area contributed by atoms with E-state index in [-0.39, 0.29) is 17.4 Å². The Labute approximate surface area is 191 Å². The lowest BCUT2D eigenvalue weighted by molar-refractivity contribution is -0.132. The molecule has 3 aromatic rings. The van der Waals surface area contributed by atoms with Crippen LogP contribution in [0.25, 0.3) is 5.76 Å². The van der Waals surface area contributed by atoms with Gasteiger partial charge in [0.1, 0.15) is 23.1 Å². The second-order valence-electron chi connectivity index (χ2n) is 7.82. The zero-order chi connectivity index (χ0) is 23.5. The molecule has 0 radical (unpaired) electrons. The van der Waals surface area contributed by atoms with E-state index >= 15 is 0 Å². The normalized spacial score (nSPS) is 17.5. The SMILES string of the molecule is COc1ccc([C@@H]2C(=C(O)c3ccc(OC(C)C)cc3)C(=O)C(=O)N2c2ccccn2)cc1. The first-order valence-electron chi connectivity index (χ1n) is 10.5. The van der Waals surface area contributed by atoms with Crippen LogP contribution in [0.2, 0.25) is 0 Å². The van der Waals surface area contributed by atoms with E-state index in [1.165, 1.54) is 4.90 Å². The molecule has 7 nitrogen and oxygen atoms in total. The maximum atomic E-state index is 13.1. The second-order valence-corrected chi connectivity index (χ2v) is 7.82. The summed E-state index contributed by atoms with van der Waals surface area (Å²) < 4.78 is 10.9. The van der Waals surface area contributed by atoms with Crippen molar-refractivity contribution in [3.05, 3.63) is 89.6 Å². The summed E-state index contributed by atoms with van der Waals surface area (Å²) in [7, 11) is 1.56. The quantitative estimate of drug-likeness (QED) is 0.342. The van der Waals surface area contributed by atoms with Crippen molar-refractivity contribution in [1.82, 2.24) is 4.98 Å². The Morgan fingerprint density at radius 2 is 1.64 bits per heavy atom. The molecule has 1 amide bonds. The third-order valence-electron chi connectivity index (χ3n) is 5.27. The summed E-state index contributed by atoms with van der Waals surface area (Å²) in [6.07, 6.45) is 1.55. The lowest BCUT2D eigenvalue weighted by Gasteiger charge is -2.24. The summed E-state index contributed by atoms with van der Waals surface area (Å²) in [5.74, 6) is -0.197. The van der Waals surface area contributed by atoms with Crippen LogP contribution in [0, 0.1) is 0 Å². The number of aliphatic hydroxyl groups is 1. The molecule has 2 aromatic carbocycles. The Hall–Kier alpha value is -4.13. The Balaban J connectivity index is 1.85. The van der Waals surface area contributed by atoms with Crippen LogP contribution in [-0.2, 0) is 9.59 Å². The number of aliphatic hydroxyl groups excluding tert-OH is 1. The fraction of sp³-hybridized carbons (Fsp3) is 0.192. The number of rotatable bonds is 6. The first-order valence-corrected chi connectivity index (χ1v) is 10.5. The Bertz CT molecular complexity index is 1190. The fourth-order valence-corrected chi connectivity index (χ4v) is 3.79. The molecular weight excluding hydrogens is 420 g/mol. The van der Waals surface area contributed by atoms with Crippen molar-refractivity contribution in [2.45, 2.75) is 26.0 Å². The van der Waals surface area contributed by atoms with Gasteiger partial charge in [0.05, 0.1) is 24.8 Å². The third kappa shape index (κ3) is 4.30. The highest BCUT2D eigenvalue weighted by atomic mass is 16.5. The van der Waals surface area contributed by atoms with Crippen LogP contribution in [0.5, 0.6) is 11.5 Å². The number of amides is 1. The summed E-state index contributed by atoms with van der Waals surface area (Å²) in [6, 6.07) is 18.0. The number of aromatic nitrogens is 1. The van der Waals surface area contributed by atoms with Gasteiger partial charge in [0, 0.05) is 11.8 Å². The lowest BCUT2D eigenvalue weighted by atomic mass is 9.95. The van der Waals surface area contributed by atoms with Gasteiger partial charge in [0.2, 0.25) is 0 Å². The highest BCUT2D eigenvalue weighted by Gasteiger charge is 2.47. The zero-order valence-electron chi connectivity index (χ0n) is 18.6. The summed E-state index contributed by atoms with van der Waals surface area (Å²) >= 11 is 0. The number of pyridine rings is 1. The number of hydrogen-bond donors (Lipinski definition) is 1. The number of carbonyl (C=O) groups excluding carboxylic acids is 2. The van der Waals surface area contributed by atoms with Crippen molar-refractivity contribution >= 4 is 23.3 Å². The maximum absolute atomic E-state index is 13.1. The third-order valence-corrected chi connectivity index (χ3v) is 5.27. The number of Topliss-reactive ketones (excluding diaryl/α,β-unsaturated/α-hetero) is 1.